The van der Waals surface area contributed by atoms with Gasteiger partial charge in [-0.15, -0.1) is 11.8 Å². The van der Waals surface area contributed by atoms with Gasteiger partial charge < -0.3 is 14.8 Å². The van der Waals surface area contributed by atoms with Gasteiger partial charge in [-0.1, -0.05) is 0 Å². The molecule has 0 atom stereocenters. The minimum Gasteiger partial charge on any atom is -0.497 e. The van der Waals surface area contributed by atoms with Crippen molar-refractivity contribution in [3.63, 3.8) is 0 Å². The third-order valence-electron chi connectivity index (χ3n) is 3.00. The molecule has 1 amide bonds. The van der Waals surface area contributed by atoms with E-state index in [1.807, 2.05) is 30.5 Å². The van der Waals surface area contributed by atoms with Crippen LogP contribution in [0.5, 0.6) is 11.5 Å². The van der Waals surface area contributed by atoms with E-state index in [1.54, 1.807) is 37.1 Å². The van der Waals surface area contributed by atoms with Gasteiger partial charge in [-0.2, -0.15) is 0 Å². The summed E-state index contributed by atoms with van der Waals surface area (Å²) in [7, 11) is 3.09. The largest absolute Gasteiger partial charge is 0.497 e. The summed E-state index contributed by atoms with van der Waals surface area (Å²) in [5.74, 6) is 0.885. The van der Waals surface area contributed by atoms with Crippen LogP contribution in [0.4, 0.5) is 5.69 Å². The van der Waals surface area contributed by atoms with Gasteiger partial charge in [0.15, 0.2) is 0 Å². The third kappa shape index (κ3) is 3.70. The number of anilines is 1. The van der Waals surface area contributed by atoms with Crippen LogP contribution in [-0.4, -0.2) is 26.4 Å². The van der Waals surface area contributed by atoms with Gasteiger partial charge in [-0.05, 0) is 48.7 Å². The predicted octanol–water partition coefficient (Wildman–Crippen LogP) is 3.68. The summed E-state index contributed by atoms with van der Waals surface area (Å²) in [5, 5.41) is 2.85. The zero-order chi connectivity index (χ0) is 15.2. The van der Waals surface area contributed by atoms with Crippen LogP contribution in [0.1, 0.15) is 10.4 Å². The third-order valence-corrected chi connectivity index (χ3v) is 3.74. The standard InChI is InChI=1S/C16H17NO3S/c1-19-12-6-9-15(20-2)14(10-12)16(18)17-11-4-7-13(21-3)8-5-11/h4-10H,1-3H3,(H,17,18). The second-order valence-electron chi connectivity index (χ2n) is 4.25. The van der Waals surface area contributed by atoms with Gasteiger partial charge >= 0.3 is 0 Å². The van der Waals surface area contributed by atoms with E-state index in [0.29, 0.717) is 17.1 Å². The molecule has 110 valence electrons. The number of carbonyl (C=O) groups is 1. The Balaban J connectivity index is 2.22. The number of nitrogens with one attached hydrogen (secondary N) is 1. The van der Waals surface area contributed by atoms with E-state index < -0.39 is 0 Å². The SMILES string of the molecule is COc1ccc(OC)c(C(=O)Nc2ccc(SC)cc2)c1. The van der Waals surface area contributed by atoms with Crippen molar-refractivity contribution < 1.29 is 14.3 Å². The highest BCUT2D eigenvalue weighted by molar-refractivity contribution is 7.98. The van der Waals surface area contributed by atoms with E-state index in [1.165, 1.54) is 7.11 Å². The van der Waals surface area contributed by atoms with Gasteiger partial charge in [-0.3, -0.25) is 4.79 Å². The van der Waals surface area contributed by atoms with E-state index >= 15 is 0 Å². The molecule has 5 heteroatoms. The average molecular weight is 303 g/mol. The molecule has 0 fully saturated rings. The molecule has 0 aliphatic heterocycles. The van der Waals surface area contributed by atoms with E-state index in [-0.39, 0.29) is 5.91 Å². The molecule has 0 saturated heterocycles. The molecule has 2 rings (SSSR count). The van der Waals surface area contributed by atoms with Crippen molar-refractivity contribution in [2.45, 2.75) is 4.90 Å². The Hall–Kier alpha value is -2.14. The normalized spacial score (nSPS) is 10.0. The summed E-state index contributed by atoms with van der Waals surface area (Å²) in [6.07, 6.45) is 2.01. The molecule has 4 nitrogen and oxygen atoms in total. The first-order valence-electron chi connectivity index (χ1n) is 6.35. The summed E-state index contributed by atoms with van der Waals surface area (Å²) >= 11 is 1.65. The number of hydrogen-bond acceptors (Lipinski definition) is 4. The summed E-state index contributed by atoms with van der Waals surface area (Å²) in [6, 6.07) is 12.8. The Kier molecular flexibility index (Phi) is 5.11. The lowest BCUT2D eigenvalue weighted by molar-refractivity contribution is 0.102. The number of thioether (sulfide) groups is 1. The maximum Gasteiger partial charge on any atom is 0.259 e. The number of ether oxygens (including phenoxy) is 2. The van der Waals surface area contributed by atoms with Crippen LogP contribution >= 0.6 is 11.8 Å². The number of rotatable bonds is 5. The molecule has 0 bridgehead atoms. The first kappa shape index (κ1) is 15.3. The summed E-state index contributed by atoms with van der Waals surface area (Å²) in [5.41, 5.74) is 1.17. The zero-order valence-corrected chi connectivity index (χ0v) is 13.0. The monoisotopic (exact) mass is 303 g/mol. The van der Waals surface area contributed by atoms with Crippen molar-refractivity contribution in [3.05, 3.63) is 48.0 Å². The molecule has 0 unspecified atom stereocenters. The summed E-state index contributed by atoms with van der Waals surface area (Å²) < 4.78 is 10.4. The molecule has 1 N–H and O–H groups in total. The molecule has 0 aromatic heterocycles. The van der Waals surface area contributed by atoms with Crippen LogP contribution in [0.2, 0.25) is 0 Å². The molecule has 2 aromatic rings. The average Bonchev–Trinajstić information content (AvgIpc) is 2.54. The maximum atomic E-state index is 12.4. The first-order chi connectivity index (χ1) is 10.2. The van der Waals surface area contributed by atoms with Crippen molar-refractivity contribution in [2.24, 2.45) is 0 Å². The highest BCUT2D eigenvalue weighted by atomic mass is 32.2. The number of hydrogen-bond donors (Lipinski definition) is 1. The number of methoxy groups -OCH3 is 2. The van der Waals surface area contributed by atoms with Crippen LogP contribution in [-0.2, 0) is 0 Å². The highest BCUT2D eigenvalue weighted by Crippen LogP contribution is 2.25. The molecule has 0 spiro atoms. The van der Waals surface area contributed by atoms with E-state index in [0.717, 1.165) is 10.6 Å². The fourth-order valence-corrected chi connectivity index (χ4v) is 2.27. The fourth-order valence-electron chi connectivity index (χ4n) is 1.86. The van der Waals surface area contributed by atoms with Crippen molar-refractivity contribution >= 4 is 23.4 Å². The fraction of sp³-hybridized carbons (Fsp3) is 0.188. The molecule has 0 aliphatic rings. The van der Waals surface area contributed by atoms with Crippen molar-refractivity contribution in [3.8, 4) is 11.5 Å². The van der Waals surface area contributed by atoms with Gasteiger partial charge in [-0.25, -0.2) is 0 Å². The summed E-state index contributed by atoms with van der Waals surface area (Å²) in [4.78, 5) is 13.5. The lowest BCUT2D eigenvalue weighted by atomic mass is 10.1. The molecular weight excluding hydrogens is 286 g/mol. The molecule has 0 aliphatic carbocycles. The Bertz CT molecular complexity index is 626. The number of amides is 1. The van der Waals surface area contributed by atoms with E-state index in [9.17, 15) is 4.79 Å². The number of carbonyl (C=O) groups excluding carboxylic acids is 1. The minimum absolute atomic E-state index is 0.234. The van der Waals surface area contributed by atoms with E-state index in [4.69, 9.17) is 9.47 Å². The van der Waals surface area contributed by atoms with Crippen LogP contribution < -0.4 is 14.8 Å². The van der Waals surface area contributed by atoms with Gasteiger partial charge in [0, 0.05) is 10.6 Å². The van der Waals surface area contributed by atoms with E-state index in [2.05, 4.69) is 5.32 Å². The molecule has 0 heterocycles. The Morgan fingerprint density at radius 2 is 1.76 bits per heavy atom. The predicted molar refractivity (Wildman–Crippen MR) is 85.7 cm³/mol. The summed E-state index contributed by atoms with van der Waals surface area (Å²) in [6.45, 7) is 0. The van der Waals surface area contributed by atoms with Crippen molar-refractivity contribution in [1.29, 1.82) is 0 Å². The Morgan fingerprint density at radius 3 is 2.33 bits per heavy atom. The smallest absolute Gasteiger partial charge is 0.259 e. The minimum atomic E-state index is -0.234. The van der Waals surface area contributed by atoms with Crippen LogP contribution in [0.3, 0.4) is 0 Å². The number of benzene rings is 2. The maximum absolute atomic E-state index is 12.4. The van der Waals surface area contributed by atoms with Crippen LogP contribution in [0.25, 0.3) is 0 Å². The second kappa shape index (κ2) is 7.04. The quantitative estimate of drug-likeness (QED) is 0.856. The lowest BCUT2D eigenvalue weighted by Gasteiger charge is -2.11. The first-order valence-corrected chi connectivity index (χ1v) is 7.58. The van der Waals surface area contributed by atoms with Crippen molar-refractivity contribution in [1.82, 2.24) is 0 Å². The lowest BCUT2D eigenvalue weighted by Crippen LogP contribution is -2.13. The second-order valence-corrected chi connectivity index (χ2v) is 5.13. The van der Waals surface area contributed by atoms with Crippen LogP contribution in [0.15, 0.2) is 47.4 Å². The molecule has 21 heavy (non-hydrogen) atoms. The highest BCUT2D eigenvalue weighted by Gasteiger charge is 2.13. The Morgan fingerprint density at radius 1 is 1.05 bits per heavy atom. The molecule has 2 aromatic carbocycles. The molecule has 0 radical (unpaired) electrons. The molecular formula is C16H17NO3S. The van der Waals surface area contributed by atoms with Gasteiger partial charge in [0.05, 0.1) is 19.8 Å². The zero-order valence-electron chi connectivity index (χ0n) is 12.2. The van der Waals surface area contributed by atoms with Gasteiger partial charge in [0.1, 0.15) is 11.5 Å². The van der Waals surface area contributed by atoms with Gasteiger partial charge in [0.2, 0.25) is 0 Å². The topological polar surface area (TPSA) is 47.6 Å². The van der Waals surface area contributed by atoms with Crippen molar-refractivity contribution in [2.75, 3.05) is 25.8 Å². The Labute approximate surface area is 128 Å². The van der Waals surface area contributed by atoms with Crippen LogP contribution in [0, 0.1) is 0 Å². The molecule has 0 saturated carbocycles. The van der Waals surface area contributed by atoms with Gasteiger partial charge in [0.25, 0.3) is 5.91 Å².